The van der Waals surface area contributed by atoms with Gasteiger partial charge in [-0.1, -0.05) is 0 Å². The Bertz CT molecular complexity index is 259. The lowest BCUT2D eigenvalue weighted by Gasteiger charge is -1.92. The van der Waals surface area contributed by atoms with Crippen LogP contribution in [-0.4, -0.2) is 21.3 Å². The van der Waals surface area contributed by atoms with Gasteiger partial charge in [-0.15, -0.1) is 0 Å². The normalized spacial score (nSPS) is 9.91. The summed E-state index contributed by atoms with van der Waals surface area (Å²) >= 11 is 3.21. The molecule has 0 bridgehead atoms. The van der Waals surface area contributed by atoms with Crippen molar-refractivity contribution in [3.05, 3.63) is 16.4 Å². The highest BCUT2D eigenvalue weighted by Crippen LogP contribution is 2.13. The van der Waals surface area contributed by atoms with Crippen molar-refractivity contribution in [3.63, 3.8) is 0 Å². The molecule has 0 aliphatic carbocycles. The third kappa shape index (κ3) is 2.34. The zero-order valence-corrected chi connectivity index (χ0v) is 7.26. The number of aliphatic carboxylic acids is 1. The Hall–Kier alpha value is -0.840. The number of carboxylic acids is 1. The van der Waals surface area contributed by atoms with E-state index in [4.69, 9.17) is 5.11 Å². The summed E-state index contributed by atoms with van der Waals surface area (Å²) in [5.41, 5.74) is 0.896. The minimum Gasteiger partial charge on any atom is -0.481 e. The van der Waals surface area contributed by atoms with E-state index >= 15 is 0 Å². The summed E-state index contributed by atoms with van der Waals surface area (Å²) in [4.78, 5) is 10.2. The van der Waals surface area contributed by atoms with Gasteiger partial charge in [0, 0.05) is 12.0 Å². The van der Waals surface area contributed by atoms with E-state index in [0.717, 1.165) is 10.2 Å². The monoisotopic (exact) mass is 218 g/mol. The van der Waals surface area contributed by atoms with Gasteiger partial charge in [-0.2, -0.15) is 5.10 Å². The molecule has 0 atom stereocenters. The average Bonchev–Trinajstić information content (AvgIpc) is 2.31. The Kier molecular flexibility index (Phi) is 2.64. The van der Waals surface area contributed by atoms with E-state index in [9.17, 15) is 4.79 Å². The van der Waals surface area contributed by atoms with Crippen LogP contribution in [0.4, 0.5) is 0 Å². The number of aryl methyl sites for hydroxylation is 1. The largest absolute Gasteiger partial charge is 0.481 e. The van der Waals surface area contributed by atoms with E-state index in [-0.39, 0.29) is 6.42 Å². The molecule has 1 heterocycles. The molecule has 0 aliphatic heterocycles. The molecule has 0 spiro atoms. The number of nitrogens with zero attached hydrogens (tertiary/aromatic N) is 1. The Morgan fingerprint density at radius 1 is 1.82 bits per heavy atom. The van der Waals surface area contributed by atoms with Gasteiger partial charge in [0.15, 0.2) is 0 Å². The molecule has 1 aromatic heterocycles. The molecule has 1 aromatic rings. The average molecular weight is 219 g/mol. The van der Waals surface area contributed by atoms with Gasteiger partial charge in [0.25, 0.3) is 0 Å². The van der Waals surface area contributed by atoms with Crippen molar-refractivity contribution < 1.29 is 9.90 Å². The highest BCUT2D eigenvalue weighted by molar-refractivity contribution is 9.10. The van der Waals surface area contributed by atoms with Crippen LogP contribution in [0.3, 0.4) is 0 Å². The summed E-state index contributed by atoms with van der Waals surface area (Å²) in [7, 11) is 0. The lowest BCUT2D eigenvalue weighted by molar-refractivity contribution is -0.136. The molecular weight excluding hydrogens is 212 g/mol. The third-order valence-corrected chi connectivity index (χ3v) is 1.96. The van der Waals surface area contributed by atoms with E-state index in [2.05, 4.69) is 26.1 Å². The van der Waals surface area contributed by atoms with Gasteiger partial charge in [-0.3, -0.25) is 9.89 Å². The number of nitrogens with one attached hydrogen (secondary N) is 1. The van der Waals surface area contributed by atoms with Crippen molar-refractivity contribution in [2.75, 3.05) is 0 Å². The summed E-state index contributed by atoms with van der Waals surface area (Å²) in [6, 6.07) is 0. The zero-order chi connectivity index (χ0) is 8.27. The standard InChI is InChI=1S/C6H7BrN2O2/c7-6-4(3-8-9-6)1-2-5(10)11/h3H,1-2H2,(H,8,9)(H,10,11). The van der Waals surface area contributed by atoms with Gasteiger partial charge >= 0.3 is 5.97 Å². The molecule has 1 rings (SSSR count). The molecule has 5 heteroatoms. The van der Waals surface area contributed by atoms with Crippen LogP contribution in [0.1, 0.15) is 12.0 Å². The summed E-state index contributed by atoms with van der Waals surface area (Å²) in [5, 5.41) is 14.8. The van der Waals surface area contributed by atoms with Crippen molar-refractivity contribution in [2.24, 2.45) is 0 Å². The molecule has 0 saturated carbocycles. The molecule has 2 N–H and O–H groups in total. The molecule has 0 amide bonds. The number of halogens is 1. The van der Waals surface area contributed by atoms with Crippen LogP contribution in [0, 0.1) is 0 Å². The van der Waals surface area contributed by atoms with Gasteiger partial charge in [0.2, 0.25) is 0 Å². The summed E-state index contributed by atoms with van der Waals surface area (Å²) in [5.74, 6) is -0.793. The predicted octanol–water partition coefficient (Wildman–Crippen LogP) is 1.19. The van der Waals surface area contributed by atoms with Crippen molar-refractivity contribution in [1.82, 2.24) is 10.2 Å². The Balaban J connectivity index is 2.51. The van der Waals surface area contributed by atoms with Crippen LogP contribution in [0.5, 0.6) is 0 Å². The first kappa shape index (κ1) is 8.26. The van der Waals surface area contributed by atoms with Gasteiger partial charge in [0.05, 0.1) is 6.20 Å². The van der Waals surface area contributed by atoms with E-state index in [1.165, 1.54) is 0 Å². The van der Waals surface area contributed by atoms with E-state index < -0.39 is 5.97 Å². The maximum absolute atomic E-state index is 10.2. The molecular formula is C6H7BrN2O2. The lowest BCUT2D eigenvalue weighted by Crippen LogP contribution is -1.96. The molecule has 60 valence electrons. The molecule has 0 aliphatic rings. The number of rotatable bonds is 3. The fourth-order valence-electron chi connectivity index (χ4n) is 0.711. The zero-order valence-electron chi connectivity index (χ0n) is 5.67. The third-order valence-electron chi connectivity index (χ3n) is 1.27. The first-order chi connectivity index (χ1) is 5.20. The fourth-order valence-corrected chi connectivity index (χ4v) is 1.11. The number of aromatic amines is 1. The van der Waals surface area contributed by atoms with Gasteiger partial charge in [0.1, 0.15) is 4.60 Å². The highest BCUT2D eigenvalue weighted by atomic mass is 79.9. The van der Waals surface area contributed by atoms with Crippen molar-refractivity contribution in [3.8, 4) is 0 Å². The quantitative estimate of drug-likeness (QED) is 0.802. The van der Waals surface area contributed by atoms with Crippen LogP contribution in [-0.2, 0) is 11.2 Å². The van der Waals surface area contributed by atoms with Crippen LogP contribution < -0.4 is 0 Å². The van der Waals surface area contributed by atoms with E-state index in [0.29, 0.717) is 6.42 Å². The number of hydrogen-bond acceptors (Lipinski definition) is 2. The van der Waals surface area contributed by atoms with Crippen molar-refractivity contribution >= 4 is 21.9 Å². The Morgan fingerprint density at radius 2 is 2.55 bits per heavy atom. The topological polar surface area (TPSA) is 66.0 Å². The molecule has 0 saturated heterocycles. The van der Waals surface area contributed by atoms with Gasteiger partial charge in [-0.25, -0.2) is 0 Å². The molecule has 11 heavy (non-hydrogen) atoms. The molecule has 0 aromatic carbocycles. The number of carboxylic acid groups (broad SMARTS) is 1. The molecule has 0 fully saturated rings. The summed E-state index contributed by atoms with van der Waals surface area (Å²) < 4.78 is 0.763. The number of carbonyl (C=O) groups is 1. The van der Waals surface area contributed by atoms with Crippen molar-refractivity contribution in [2.45, 2.75) is 12.8 Å². The second-order valence-corrected chi connectivity index (χ2v) is 2.90. The van der Waals surface area contributed by atoms with Crippen molar-refractivity contribution in [1.29, 1.82) is 0 Å². The Labute approximate surface area is 71.7 Å². The van der Waals surface area contributed by atoms with Crippen LogP contribution in [0.15, 0.2) is 10.8 Å². The number of hydrogen-bond donors (Lipinski definition) is 2. The van der Waals surface area contributed by atoms with Crippen LogP contribution in [0.25, 0.3) is 0 Å². The first-order valence-electron chi connectivity index (χ1n) is 3.09. The van der Waals surface area contributed by atoms with E-state index in [1.54, 1.807) is 6.20 Å². The summed E-state index contributed by atoms with van der Waals surface area (Å²) in [6.07, 6.45) is 2.26. The Morgan fingerprint density at radius 3 is 3.00 bits per heavy atom. The smallest absolute Gasteiger partial charge is 0.303 e. The van der Waals surface area contributed by atoms with Gasteiger partial charge < -0.3 is 5.11 Å². The minimum absolute atomic E-state index is 0.137. The maximum atomic E-state index is 10.2. The predicted molar refractivity (Wildman–Crippen MR) is 42.2 cm³/mol. The SMILES string of the molecule is O=C(O)CCc1cn[nH]c1Br. The maximum Gasteiger partial charge on any atom is 0.303 e. The summed E-state index contributed by atoms with van der Waals surface area (Å²) in [6.45, 7) is 0. The minimum atomic E-state index is -0.793. The first-order valence-corrected chi connectivity index (χ1v) is 3.89. The molecule has 0 unspecified atom stereocenters. The second kappa shape index (κ2) is 3.52. The number of H-pyrrole nitrogens is 1. The van der Waals surface area contributed by atoms with E-state index in [1.807, 2.05) is 0 Å². The fraction of sp³-hybridized carbons (Fsp3) is 0.333. The van der Waals surface area contributed by atoms with Crippen LogP contribution in [0.2, 0.25) is 0 Å². The molecule has 4 nitrogen and oxygen atoms in total. The lowest BCUT2D eigenvalue weighted by atomic mass is 10.2. The second-order valence-electron chi connectivity index (χ2n) is 2.10. The highest BCUT2D eigenvalue weighted by Gasteiger charge is 2.03. The molecule has 0 radical (unpaired) electrons. The van der Waals surface area contributed by atoms with Crippen LogP contribution >= 0.6 is 15.9 Å². The van der Waals surface area contributed by atoms with Gasteiger partial charge in [-0.05, 0) is 22.4 Å². The number of aromatic nitrogens is 2.